The Balaban J connectivity index is 2.13. The summed E-state index contributed by atoms with van der Waals surface area (Å²) in [5.41, 5.74) is 5.84. The van der Waals surface area contributed by atoms with Gasteiger partial charge < -0.3 is 4.90 Å². The van der Waals surface area contributed by atoms with Crippen molar-refractivity contribution in [2.75, 3.05) is 26.1 Å². The molecule has 0 atom stereocenters. The van der Waals surface area contributed by atoms with Crippen LogP contribution in [0.3, 0.4) is 0 Å². The lowest BCUT2D eigenvalue weighted by molar-refractivity contribution is 0.422. The van der Waals surface area contributed by atoms with Crippen LogP contribution in [0.1, 0.15) is 12.0 Å². The molecule has 0 spiro atoms. The van der Waals surface area contributed by atoms with Gasteiger partial charge in [-0.15, -0.1) is 0 Å². The van der Waals surface area contributed by atoms with Gasteiger partial charge in [-0.2, -0.15) is 5.10 Å². The number of allylic oxidation sites excluding steroid dienone is 1. The lowest BCUT2D eigenvalue weighted by Gasteiger charge is -2.10. The fourth-order valence-electron chi connectivity index (χ4n) is 1.98. The van der Waals surface area contributed by atoms with Crippen molar-refractivity contribution in [3.63, 3.8) is 0 Å². The SMILES string of the molecule is CN(C)CCC(/C=C/c1ccccc1)=N\Nc1ccc(Cl)cc1Cl. The van der Waals surface area contributed by atoms with Gasteiger partial charge in [-0.1, -0.05) is 59.6 Å². The third-order valence-corrected chi connectivity index (χ3v) is 3.88. The first-order valence-electron chi connectivity index (χ1n) is 7.70. The van der Waals surface area contributed by atoms with Gasteiger partial charge in [0.1, 0.15) is 0 Å². The van der Waals surface area contributed by atoms with Crippen molar-refractivity contribution in [2.24, 2.45) is 5.10 Å². The second-order valence-electron chi connectivity index (χ2n) is 5.64. The molecule has 0 fully saturated rings. The van der Waals surface area contributed by atoms with Crippen LogP contribution in [-0.4, -0.2) is 31.3 Å². The predicted molar refractivity (Wildman–Crippen MR) is 106 cm³/mol. The Hall–Kier alpha value is -1.81. The van der Waals surface area contributed by atoms with Crippen LogP contribution in [0.2, 0.25) is 10.0 Å². The van der Waals surface area contributed by atoms with Gasteiger partial charge in [0.15, 0.2) is 0 Å². The van der Waals surface area contributed by atoms with Gasteiger partial charge in [0.25, 0.3) is 0 Å². The molecule has 1 N–H and O–H groups in total. The van der Waals surface area contributed by atoms with Gasteiger partial charge >= 0.3 is 0 Å². The van der Waals surface area contributed by atoms with Crippen LogP contribution >= 0.6 is 23.2 Å². The van der Waals surface area contributed by atoms with Crippen molar-refractivity contribution in [3.05, 3.63) is 70.2 Å². The maximum absolute atomic E-state index is 6.17. The van der Waals surface area contributed by atoms with E-state index in [4.69, 9.17) is 23.2 Å². The highest BCUT2D eigenvalue weighted by Gasteiger charge is 2.02. The summed E-state index contributed by atoms with van der Waals surface area (Å²) in [6.07, 6.45) is 4.91. The van der Waals surface area contributed by atoms with Crippen molar-refractivity contribution in [1.29, 1.82) is 0 Å². The number of nitrogens with one attached hydrogen (secondary N) is 1. The second kappa shape index (κ2) is 9.48. The van der Waals surface area contributed by atoms with E-state index in [1.807, 2.05) is 44.4 Å². The van der Waals surface area contributed by atoms with Crippen molar-refractivity contribution in [1.82, 2.24) is 4.90 Å². The number of hydrogen-bond donors (Lipinski definition) is 1. The van der Waals surface area contributed by atoms with Gasteiger partial charge in [-0.3, -0.25) is 5.43 Å². The highest BCUT2D eigenvalue weighted by Crippen LogP contribution is 2.25. The molecule has 126 valence electrons. The molecular formula is C19H21Cl2N3. The largest absolute Gasteiger partial charge is 0.309 e. The van der Waals surface area contributed by atoms with E-state index >= 15 is 0 Å². The van der Waals surface area contributed by atoms with E-state index in [0.717, 1.165) is 29.9 Å². The summed E-state index contributed by atoms with van der Waals surface area (Å²) in [7, 11) is 4.09. The molecule has 2 aromatic rings. The molecule has 0 radical (unpaired) electrons. The van der Waals surface area contributed by atoms with Crippen molar-refractivity contribution < 1.29 is 0 Å². The van der Waals surface area contributed by atoms with Crippen molar-refractivity contribution >= 4 is 40.7 Å². The zero-order chi connectivity index (χ0) is 17.4. The zero-order valence-corrected chi connectivity index (χ0v) is 15.3. The Bertz CT molecular complexity index is 710. The van der Waals surface area contributed by atoms with Crippen LogP contribution in [0.25, 0.3) is 6.08 Å². The van der Waals surface area contributed by atoms with Gasteiger partial charge in [-0.05, 0) is 43.9 Å². The van der Waals surface area contributed by atoms with E-state index in [1.54, 1.807) is 12.1 Å². The average Bonchev–Trinajstić information content (AvgIpc) is 2.56. The van der Waals surface area contributed by atoms with E-state index in [-0.39, 0.29) is 0 Å². The quantitative estimate of drug-likeness (QED) is 0.526. The number of rotatable bonds is 7. The number of nitrogens with zero attached hydrogens (tertiary/aromatic N) is 2. The molecule has 0 heterocycles. The standard InChI is InChI=1S/C19H21Cl2N3/c1-24(2)13-12-17(10-8-15-6-4-3-5-7-15)22-23-19-11-9-16(20)14-18(19)21/h3-11,14,23H,12-13H2,1-2H3/b10-8+,22-17-. The summed E-state index contributed by atoms with van der Waals surface area (Å²) in [5.74, 6) is 0. The maximum atomic E-state index is 6.17. The molecule has 0 aromatic heterocycles. The normalized spacial score (nSPS) is 12.1. The maximum Gasteiger partial charge on any atom is 0.0749 e. The second-order valence-corrected chi connectivity index (χ2v) is 6.48. The lowest BCUT2D eigenvalue weighted by Crippen LogP contribution is -2.16. The van der Waals surface area contributed by atoms with Crippen molar-refractivity contribution in [3.8, 4) is 0 Å². The minimum absolute atomic E-state index is 0.547. The zero-order valence-electron chi connectivity index (χ0n) is 13.8. The van der Waals surface area contributed by atoms with Crippen LogP contribution in [0.4, 0.5) is 5.69 Å². The van der Waals surface area contributed by atoms with Crippen LogP contribution in [0.15, 0.2) is 59.7 Å². The smallest absolute Gasteiger partial charge is 0.0749 e. The highest BCUT2D eigenvalue weighted by atomic mass is 35.5. The van der Waals surface area contributed by atoms with Crippen LogP contribution in [0, 0.1) is 0 Å². The summed E-state index contributed by atoms with van der Waals surface area (Å²) in [6.45, 7) is 0.911. The Labute approximate surface area is 153 Å². The summed E-state index contributed by atoms with van der Waals surface area (Å²) in [4.78, 5) is 2.13. The van der Waals surface area contributed by atoms with Crippen LogP contribution in [0.5, 0.6) is 0 Å². The number of hydrazone groups is 1. The summed E-state index contributed by atoms with van der Waals surface area (Å²) < 4.78 is 0. The van der Waals surface area contributed by atoms with E-state index in [1.165, 1.54) is 0 Å². The Morgan fingerprint density at radius 1 is 1.12 bits per heavy atom. The molecule has 0 aliphatic rings. The van der Waals surface area contributed by atoms with Gasteiger partial charge in [0, 0.05) is 18.0 Å². The van der Waals surface area contributed by atoms with E-state index in [2.05, 4.69) is 33.6 Å². The minimum atomic E-state index is 0.547. The predicted octanol–water partition coefficient (Wildman–Crippen LogP) is 5.43. The number of halogens is 2. The average molecular weight is 362 g/mol. The third-order valence-electron chi connectivity index (χ3n) is 3.33. The number of anilines is 1. The molecule has 0 saturated carbocycles. The first-order chi connectivity index (χ1) is 11.5. The molecule has 0 unspecified atom stereocenters. The molecular weight excluding hydrogens is 341 g/mol. The molecule has 2 aromatic carbocycles. The van der Waals surface area contributed by atoms with E-state index in [0.29, 0.717) is 10.0 Å². The molecule has 0 amide bonds. The molecule has 24 heavy (non-hydrogen) atoms. The Morgan fingerprint density at radius 2 is 1.88 bits per heavy atom. The van der Waals surface area contributed by atoms with Crippen molar-refractivity contribution in [2.45, 2.75) is 6.42 Å². The number of benzene rings is 2. The molecule has 3 nitrogen and oxygen atoms in total. The highest BCUT2D eigenvalue weighted by molar-refractivity contribution is 6.36. The first-order valence-corrected chi connectivity index (χ1v) is 8.45. The number of hydrogen-bond acceptors (Lipinski definition) is 3. The van der Waals surface area contributed by atoms with Crippen LogP contribution < -0.4 is 5.43 Å². The summed E-state index contributed by atoms with van der Waals surface area (Å²) in [5, 5.41) is 5.65. The van der Waals surface area contributed by atoms with Gasteiger partial charge in [0.05, 0.1) is 16.4 Å². The molecule has 0 bridgehead atoms. The van der Waals surface area contributed by atoms with E-state index < -0.39 is 0 Å². The summed E-state index contributed by atoms with van der Waals surface area (Å²) in [6, 6.07) is 15.4. The van der Waals surface area contributed by atoms with Crippen LogP contribution in [-0.2, 0) is 0 Å². The lowest BCUT2D eigenvalue weighted by atomic mass is 10.1. The van der Waals surface area contributed by atoms with E-state index in [9.17, 15) is 0 Å². The monoisotopic (exact) mass is 361 g/mol. The fourth-order valence-corrected chi connectivity index (χ4v) is 2.43. The molecule has 0 saturated heterocycles. The Morgan fingerprint density at radius 3 is 2.54 bits per heavy atom. The molecule has 0 aliphatic carbocycles. The molecule has 5 heteroatoms. The summed E-state index contributed by atoms with van der Waals surface area (Å²) >= 11 is 12.1. The molecule has 0 aliphatic heterocycles. The first kappa shape index (κ1) is 18.5. The third kappa shape index (κ3) is 6.36. The van der Waals surface area contributed by atoms with Gasteiger partial charge in [0.2, 0.25) is 0 Å². The minimum Gasteiger partial charge on any atom is -0.309 e. The molecule has 2 rings (SSSR count). The van der Waals surface area contributed by atoms with Gasteiger partial charge in [-0.25, -0.2) is 0 Å². The fraction of sp³-hybridized carbons (Fsp3) is 0.211. The topological polar surface area (TPSA) is 27.6 Å². The Kier molecular flexibility index (Phi) is 7.32.